The number of sulfonamides is 1. The van der Waals surface area contributed by atoms with Gasteiger partial charge in [0.25, 0.3) is 0 Å². The van der Waals surface area contributed by atoms with E-state index >= 15 is 0 Å². The van der Waals surface area contributed by atoms with Crippen molar-refractivity contribution >= 4 is 10.0 Å². The molecule has 0 spiro atoms. The first-order valence-electron chi connectivity index (χ1n) is 7.55. The van der Waals surface area contributed by atoms with Gasteiger partial charge in [-0.2, -0.15) is 4.31 Å². The summed E-state index contributed by atoms with van der Waals surface area (Å²) in [6.07, 6.45) is 5.97. The second-order valence-electron chi connectivity index (χ2n) is 5.50. The lowest BCUT2D eigenvalue weighted by Crippen LogP contribution is -2.49. The van der Waals surface area contributed by atoms with Gasteiger partial charge in [-0.3, -0.25) is 9.80 Å². The third-order valence-electron chi connectivity index (χ3n) is 4.02. The second kappa shape index (κ2) is 8.11. The lowest BCUT2D eigenvalue weighted by Gasteiger charge is -2.33. The van der Waals surface area contributed by atoms with Gasteiger partial charge in [-0.15, -0.1) is 6.42 Å². The summed E-state index contributed by atoms with van der Waals surface area (Å²) >= 11 is 0. The van der Waals surface area contributed by atoms with Crippen molar-refractivity contribution in [3.63, 3.8) is 0 Å². The molecule has 7 heteroatoms. The Morgan fingerprint density at radius 1 is 1.00 bits per heavy atom. The van der Waals surface area contributed by atoms with E-state index in [4.69, 9.17) is 11.2 Å². The molecule has 0 N–H and O–H groups in total. The molecule has 2 saturated heterocycles. The molecule has 2 fully saturated rings. The summed E-state index contributed by atoms with van der Waals surface area (Å²) in [4.78, 5) is 4.38. The number of terminal acetylenes is 1. The molecule has 0 atom stereocenters. The van der Waals surface area contributed by atoms with Crippen LogP contribution in [0, 0.1) is 12.3 Å². The van der Waals surface area contributed by atoms with Crippen LogP contribution in [0.5, 0.6) is 0 Å². The van der Waals surface area contributed by atoms with E-state index in [0.717, 1.165) is 45.9 Å². The predicted octanol–water partition coefficient (Wildman–Crippen LogP) is -0.711. The maximum absolute atomic E-state index is 12.3. The van der Waals surface area contributed by atoms with Crippen molar-refractivity contribution in [2.75, 3.05) is 71.3 Å². The van der Waals surface area contributed by atoms with Gasteiger partial charge in [-0.1, -0.05) is 5.92 Å². The van der Waals surface area contributed by atoms with Gasteiger partial charge in [-0.05, 0) is 13.0 Å². The molecule has 2 heterocycles. The number of hydrogen-bond donors (Lipinski definition) is 0. The van der Waals surface area contributed by atoms with Crippen molar-refractivity contribution in [3.05, 3.63) is 0 Å². The Morgan fingerprint density at radius 3 is 2.29 bits per heavy atom. The Kier molecular flexibility index (Phi) is 6.45. The SMILES string of the molecule is C#CCN1CCN(S(=O)(=O)CCCN2CCOCC2)CC1. The van der Waals surface area contributed by atoms with Gasteiger partial charge >= 0.3 is 0 Å². The summed E-state index contributed by atoms with van der Waals surface area (Å²) in [5.41, 5.74) is 0. The van der Waals surface area contributed by atoms with Crippen LogP contribution in [0.25, 0.3) is 0 Å². The molecule has 0 saturated carbocycles. The maximum Gasteiger partial charge on any atom is 0.214 e. The number of ether oxygens (including phenoxy) is 1. The molecule has 21 heavy (non-hydrogen) atoms. The molecule has 6 nitrogen and oxygen atoms in total. The molecular formula is C14H25N3O3S. The summed E-state index contributed by atoms with van der Waals surface area (Å²) in [5, 5.41) is 0. The highest BCUT2D eigenvalue weighted by Gasteiger charge is 2.26. The zero-order valence-electron chi connectivity index (χ0n) is 12.5. The van der Waals surface area contributed by atoms with Crippen molar-refractivity contribution < 1.29 is 13.2 Å². The zero-order chi connectivity index (χ0) is 15.1. The Balaban J connectivity index is 1.70. The smallest absolute Gasteiger partial charge is 0.214 e. The molecule has 0 aromatic heterocycles. The molecule has 0 aromatic rings. The third-order valence-corrected chi connectivity index (χ3v) is 5.98. The van der Waals surface area contributed by atoms with Gasteiger partial charge in [-0.25, -0.2) is 8.42 Å². The molecule has 0 amide bonds. The summed E-state index contributed by atoms with van der Waals surface area (Å²) in [5.74, 6) is 2.84. The first kappa shape index (κ1) is 16.7. The minimum absolute atomic E-state index is 0.236. The van der Waals surface area contributed by atoms with E-state index in [-0.39, 0.29) is 5.75 Å². The van der Waals surface area contributed by atoms with Gasteiger partial charge in [0.05, 0.1) is 25.5 Å². The quantitative estimate of drug-likeness (QED) is 0.606. The van der Waals surface area contributed by atoms with Crippen LogP contribution in [0.1, 0.15) is 6.42 Å². The minimum Gasteiger partial charge on any atom is -0.379 e. The standard InChI is InChI=1S/C14H25N3O3S/c1-2-4-15-6-8-17(9-7-15)21(18,19)14-3-5-16-10-12-20-13-11-16/h1H,3-14H2. The van der Waals surface area contributed by atoms with Crippen molar-refractivity contribution in [1.82, 2.24) is 14.1 Å². The second-order valence-corrected chi connectivity index (χ2v) is 7.59. The van der Waals surface area contributed by atoms with E-state index in [2.05, 4.69) is 15.7 Å². The van der Waals surface area contributed by atoms with Crippen LogP contribution >= 0.6 is 0 Å². The molecule has 120 valence electrons. The topological polar surface area (TPSA) is 53.1 Å². The average Bonchev–Trinajstić information content (AvgIpc) is 2.49. The van der Waals surface area contributed by atoms with Crippen molar-refractivity contribution in [3.8, 4) is 12.3 Å². The Hall–Kier alpha value is -0.650. The number of hydrogen-bond acceptors (Lipinski definition) is 5. The van der Waals surface area contributed by atoms with Gasteiger partial charge in [0, 0.05) is 39.3 Å². The molecule has 0 aromatic carbocycles. The lowest BCUT2D eigenvalue weighted by molar-refractivity contribution is 0.0380. The summed E-state index contributed by atoms with van der Waals surface area (Å²) < 4.78 is 31.5. The first-order valence-corrected chi connectivity index (χ1v) is 9.16. The van der Waals surface area contributed by atoms with Crippen LogP contribution in [0.15, 0.2) is 0 Å². The molecule has 2 rings (SSSR count). The fourth-order valence-corrected chi connectivity index (χ4v) is 4.19. The van der Waals surface area contributed by atoms with Crippen molar-refractivity contribution in [1.29, 1.82) is 0 Å². The number of piperazine rings is 1. The third kappa shape index (κ3) is 5.24. The van der Waals surface area contributed by atoms with E-state index < -0.39 is 10.0 Å². The Morgan fingerprint density at radius 2 is 1.67 bits per heavy atom. The number of morpholine rings is 1. The lowest BCUT2D eigenvalue weighted by atomic mass is 10.3. The van der Waals surface area contributed by atoms with Crippen LogP contribution in [0.2, 0.25) is 0 Å². The molecule has 0 bridgehead atoms. The predicted molar refractivity (Wildman–Crippen MR) is 82.5 cm³/mol. The van der Waals surface area contributed by atoms with E-state index in [9.17, 15) is 8.42 Å². The molecule has 0 radical (unpaired) electrons. The van der Waals surface area contributed by atoms with Crippen LogP contribution in [0.3, 0.4) is 0 Å². The normalized spacial score (nSPS) is 23.0. The van der Waals surface area contributed by atoms with Crippen molar-refractivity contribution in [2.45, 2.75) is 6.42 Å². The molecule has 2 aliphatic heterocycles. The first-order chi connectivity index (χ1) is 10.1. The number of nitrogens with zero attached hydrogens (tertiary/aromatic N) is 3. The fraction of sp³-hybridized carbons (Fsp3) is 0.857. The van der Waals surface area contributed by atoms with Crippen molar-refractivity contribution in [2.24, 2.45) is 0 Å². The van der Waals surface area contributed by atoms with Gasteiger partial charge in [0.1, 0.15) is 0 Å². The van der Waals surface area contributed by atoms with Gasteiger partial charge in [0.15, 0.2) is 0 Å². The van der Waals surface area contributed by atoms with E-state index in [1.54, 1.807) is 4.31 Å². The highest BCUT2D eigenvalue weighted by atomic mass is 32.2. The summed E-state index contributed by atoms with van der Waals surface area (Å²) in [6, 6.07) is 0. The minimum atomic E-state index is -3.13. The van der Waals surface area contributed by atoms with Crippen LogP contribution < -0.4 is 0 Å². The summed E-state index contributed by atoms with van der Waals surface area (Å²) in [7, 11) is -3.13. The summed E-state index contributed by atoms with van der Waals surface area (Å²) in [6.45, 7) is 7.33. The van der Waals surface area contributed by atoms with Gasteiger partial charge < -0.3 is 4.74 Å². The monoisotopic (exact) mass is 315 g/mol. The molecule has 0 unspecified atom stereocenters. The fourth-order valence-electron chi connectivity index (χ4n) is 2.72. The van der Waals surface area contributed by atoms with E-state index in [1.165, 1.54) is 0 Å². The highest BCUT2D eigenvalue weighted by molar-refractivity contribution is 7.89. The van der Waals surface area contributed by atoms with E-state index in [1.807, 2.05) is 0 Å². The molecule has 2 aliphatic rings. The van der Waals surface area contributed by atoms with Crippen LogP contribution in [0.4, 0.5) is 0 Å². The Labute approximate surface area is 128 Å². The van der Waals surface area contributed by atoms with Gasteiger partial charge in [0.2, 0.25) is 10.0 Å². The highest BCUT2D eigenvalue weighted by Crippen LogP contribution is 2.09. The molecule has 0 aliphatic carbocycles. The van der Waals surface area contributed by atoms with Crippen LogP contribution in [-0.2, 0) is 14.8 Å². The average molecular weight is 315 g/mol. The maximum atomic E-state index is 12.3. The Bertz CT molecular complexity index is 447. The van der Waals surface area contributed by atoms with E-state index in [0.29, 0.717) is 26.1 Å². The largest absolute Gasteiger partial charge is 0.379 e. The molecular weight excluding hydrogens is 290 g/mol. The zero-order valence-corrected chi connectivity index (χ0v) is 13.4. The van der Waals surface area contributed by atoms with Crippen LogP contribution in [-0.4, -0.2) is 93.8 Å². The number of rotatable bonds is 6.